The number of nitrogens with one attached hydrogen (secondary N) is 1. The highest BCUT2D eigenvalue weighted by atomic mass is 79.9. The molecule has 1 saturated heterocycles. The van der Waals surface area contributed by atoms with Crippen LogP contribution in [-0.2, 0) is 4.79 Å². The summed E-state index contributed by atoms with van der Waals surface area (Å²) in [5.41, 5.74) is -0.741. The first-order valence-electron chi connectivity index (χ1n) is 4.19. The minimum absolute atomic E-state index is 0.216. The van der Waals surface area contributed by atoms with Gasteiger partial charge in [-0.05, 0) is 19.3 Å². The van der Waals surface area contributed by atoms with Gasteiger partial charge in [0.1, 0.15) is 5.54 Å². The molecule has 1 fully saturated rings. The highest BCUT2D eigenvalue weighted by Crippen LogP contribution is 2.26. The smallest absolute Gasteiger partial charge is 0.323 e. The zero-order valence-corrected chi connectivity index (χ0v) is 9.51. The van der Waals surface area contributed by atoms with Gasteiger partial charge in [-0.15, -0.1) is 0 Å². The first-order chi connectivity index (χ1) is 5.87. The Morgan fingerprint density at radius 2 is 2.08 bits per heavy atom. The minimum atomic E-state index is -0.741. The second-order valence-electron chi connectivity index (χ2n) is 3.95. The number of rotatable bonds is 2. The van der Waals surface area contributed by atoms with Gasteiger partial charge in [0.2, 0.25) is 0 Å². The maximum absolute atomic E-state index is 11.6. The first-order valence-corrected chi connectivity index (χ1v) is 4.90. The molecular weight excluding hydrogens is 236 g/mol. The van der Waals surface area contributed by atoms with Crippen LogP contribution in [0.15, 0.2) is 0 Å². The zero-order valence-electron chi connectivity index (χ0n) is 7.93. The summed E-state index contributed by atoms with van der Waals surface area (Å²) in [6.07, 6.45) is 0.652. The molecule has 1 unspecified atom stereocenters. The van der Waals surface area contributed by atoms with Crippen molar-refractivity contribution in [3.05, 3.63) is 0 Å². The standard InChI is InChI=1S/C8H13BrN2O2/c1-5(2)4-8(3)6(12)11(9)7(13)10-8/h5H,4H2,1-3H3,(H,10,13). The average Bonchev–Trinajstić information content (AvgIpc) is 2.14. The maximum Gasteiger partial charge on any atom is 0.335 e. The Hall–Kier alpha value is -0.580. The Morgan fingerprint density at radius 3 is 2.38 bits per heavy atom. The lowest BCUT2D eigenvalue weighted by Crippen LogP contribution is -2.44. The molecule has 0 aromatic heterocycles. The lowest BCUT2D eigenvalue weighted by atomic mass is 9.91. The molecule has 0 saturated carbocycles. The fourth-order valence-electron chi connectivity index (χ4n) is 1.60. The molecule has 1 aliphatic heterocycles. The number of amides is 3. The molecule has 5 heteroatoms. The van der Waals surface area contributed by atoms with Crippen LogP contribution in [0.4, 0.5) is 4.79 Å². The molecule has 3 amide bonds. The molecule has 1 N–H and O–H groups in total. The van der Waals surface area contributed by atoms with Crippen molar-refractivity contribution in [2.24, 2.45) is 5.92 Å². The van der Waals surface area contributed by atoms with Crippen molar-refractivity contribution >= 4 is 28.1 Å². The van der Waals surface area contributed by atoms with Crippen LogP contribution in [0.5, 0.6) is 0 Å². The highest BCUT2D eigenvalue weighted by molar-refractivity contribution is 9.08. The van der Waals surface area contributed by atoms with E-state index in [1.807, 2.05) is 13.8 Å². The summed E-state index contributed by atoms with van der Waals surface area (Å²) in [6, 6.07) is -0.381. The topological polar surface area (TPSA) is 49.4 Å². The molecule has 13 heavy (non-hydrogen) atoms. The molecule has 1 rings (SSSR count). The third kappa shape index (κ3) is 1.85. The SMILES string of the molecule is CC(C)CC1(C)NC(=O)N(Br)C1=O. The number of imide groups is 1. The number of carbonyl (C=O) groups is 2. The molecule has 1 heterocycles. The highest BCUT2D eigenvalue weighted by Gasteiger charge is 2.47. The Balaban J connectivity index is 2.81. The summed E-state index contributed by atoms with van der Waals surface area (Å²) in [6.45, 7) is 5.78. The van der Waals surface area contributed by atoms with Gasteiger partial charge in [-0.25, -0.2) is 4.79 Å². The van der Waals surface area contributed by atoms with Crippen LogP contribution >= 0.6 is 16.1 Å². The monoisotopic (exact) mass is 248 g/mol. The van der Waals surface area contributed by atoms with E-state index >= 15 is 0 Å². The predicted molar refractivity (Wildman–Crippen MR) is 52.2 cm³/mol. The average molecular weight is 249 g/mol. The van der Waals surface area contributed by atoms with E-state index in [0.29, 0.717) is 12.3 Å². The summed E-state index contributed by atoms with van der Waals surface area (Å²) >= 11 is 2.91. The Labute approximate surface area is 86.0 Å². The van der Waals surface area contributed by atoms with Gasteiger partial charge in [0.15, 0.2) is 0 Å². The molecule has 1 aliphatic rings. The van der Waals surface area contributed by atoms with E-state index in [4.69, 9.17) is 0 Å². The van der Waals surface area contributed by atoms with Gasteiger partial charge in [-0.3, -0.25) is 4.79 Å². The predicted octanol–water partition coefficient (Wildman–Crippen LogP) is 1.65. The van der Waals surface area contributed by atoms with Crippen LogP contribution in [0.2, 0.25) is 0 Å². The molecule has 0 aromatic carbocycles. The number of hydrogen-bond donors (Lipinski definition) is 1. The summed E-state index contributed by atoms with van der Waals surface area (Å²) in [5.74, 6) is 0.152. The van der Waals surface area contributed by atoms with Gasteiger partial charge in [0, 0.05) is 0 Å². The third-order valence-electron chi connectivity index (χ3n) is 2.03. The van der Waals surface area contributed by atoms with Gasteiger partial charge in [0.25, 0.3) is 5.91 Å². The van der Waals surface area contributed by atoms with Crippen molar-refractivity contribution in [1.82, 2.24) is 9.24 Å². The molecule has 1 atom stereocenters. The van der Waals surface area contributed by atoms with Crippen molar-refractivity contribution in [1.29, 1.82) is 0 Å². The van der Waals surface area contributed by atoms with Gasteiger partial charge in [-0.2, -0.15) is 3.93 Å². The van der Waals surface area contributed by atoms with Crippen LogP contribution in [0.3, 0.4) is 0 Å². The van der Waals surface area contributed by atoms with Crippen LogP contribution < -0.4 is 5.32 Å². The lowest BCUT2D eigenvalue weighted by Gasteiger charge is -2.22. The van der Waals surface area contributed by atoms with E-state index in [1.165, 1.54) is 0 Å². The molecule has 0 spiro atoms. The van der Waals surface area contributed by atoms with E-state index < -0.39 is 5.54 Å². The molecular formula is C8H13BrN2O2. The molecule has 0 aliphatic carbocycles. The number of nitrogens with zero attached hydrogens (tertiary/aromatic N) is 1. The van der Waals surface area contributed by atoms with Gasteiger partial charge in [-0.1, -0.05) is 13.8 Å². The summed E-state index contributed by atoms with van der Waals surface area (Å²) in [4.78, 5) is 22.7. The normalized spacial score (nSPS) is 28.5. The minimum Gasteiger partial charge on any atom is -0.323 e. The van der Waals surface area contributed by atoms with E-state index in [-0.39, 0.29) is 11.9 Å². The number of hydrogen-bond acceptors (Lipinski definition) is 2. The molecule has 74 valence electrons. The van der Waals surface area contributed by atoms with Gasteiger partial charge >= 0.3 is 6.03 Å². The fraction of sp³-hybridized carbons (Fsp3) is 0.750. The third-order valence-corrected chi connectivity index (χ3v) is 2.67. The van der Waals surface area contributed by atoms with Crippen LogP contribution in [0, 0.1) is 5.92 Å². The van der Waals surface area contributed by atoms with Crippen LogP contribution in [0.25, 0.3) is 0 Å². The number of carbonyl (C=O) groups excluding carboxylic acids is 2. The van der Waals surface area contributed by atoms with E-state index in [0.717, 1.165) is 3.93 Å². The van der Waals surface area contributed by atoms with E-state index in [2.05, 4.69) is 21.5 Å². The van der Waals surface area contributed by atoms with Crippen molar-refractivity contribution in [3.8, 4) is 0 Å². The largest absolute Gasteiger partial charge is 0.335 e. The Kier molecular flexibility index (Phi) is 2.66. The first kappa shape index (κ1) is 10.5. The maximum atomic E-state index is 11.6. The second-order valence-corrected chi connectivity index (χ2v) is 4.66. The Morgan fingerprint density at radius 1 is 1.54 bits per heavy atom. The van der Waals surface area contributed by atoms with Gasteiger partial charge in [0.05, 0.1) is 16.1 Å². The van der Waals surface area contributed by atoms with E-state index in [1.54, 1.807) is 6.92 Å². The van der Waals surface area contributed by atoms with Crippen molar-refractivity contribution in [2.75, 3.05) is 0 Å². The summed E-state index contributed by atoms with van der Waals surface area (Å²) < 4.78 is 0.954. The molecule has 0 radical (unpaired) electrons. The molecule has 0 aromatic rings. The van der Waals surface area contributed by atoms with Gasteiger partial charge < -0.3 is 5.32 Å². The molecule has 4 nitrogen and oxygen atoms in total. The number of halogens is 1. The molecule has 0 bridgehead atoms. The quantitative estimate of drug-likeness (QED) is 0.597. The van der Waals surface area contributed by atoms with Crippen LogP contribution in [-0.4, -0.2) is 21.4 Å². The van der Waals surface area contributed by atoms with Crippen molar-refractivity contribution in [3.63, 3.8) is 0 Å². The van der Waals surface area contributed by atoms with Crippen molar-refractivity contribution in [2.45, 2.75) is 32.7 Å². The van der Waals surface area contributed by atoms with E-state index in [9.17, 15) is 9.59 Å². The summed E-state index contributed by atoms with van der Waals surface area (Å²) in [5, 5.41) is 2.65. The fourth-order valence-corrected chi connectivity index (χ4v) is 2.08. The Bertz CT molecular complexity index is 255. The van der Waals surface area contributed by atoms with Crippen LogP contribution in [0.1, 0.15) is 27.2 Å². The second kappa shape index (κ2) is 3.29. The zero-order chi connectivity index (χ0) is 10.2. The number of urea groups is 1. The summed E-state index contributed by atoms with van der Waals surface area (Å²) in [7, 11) is 0. The lowest BCUT2D eigenvalue weighted by molar-refractivity contribution is -0.127. The van der Waals surface area contributed by atoms with Crippen molar-refractivity contribution < 1.29 is 9.59 Å².